The summed E-state index contributed by atoms with van der Waals surface area (Å²) in [6.07, 6.45) is 0.892. The number of carboxylic acids is 1. The lowest BCUT2D eigenvalue weighted by molar-refractivity contribution is 0.0647. The predicted octanol–water partition coefficient (Wildman–Crippen LogP) is 3.00. The number of aromatic carboxylic acids is 1. The summed E-state index contributed by atoms with van der Waals surface area (Å²) in [6.45, 7) is 2.66. The van der Waals surface area contributed by atoms with Gasteiger partial charge in [0.2, 0.25) is 5.76 Å². The van der Waals surface area contributed by atoms with Crippen LogP contribution in [0.4, 0.5) is 0 Å². The number of benzene rings is 1. The second-order valence-electron chi connectivity index (χ2n) is 5.51. The van der Waals surface area contributed by atoms with E-state index in [2.05, 4.69) is 12.1 Å². The third kappa shape index (κ3) is 2.50. The summed E-state index contributed by atoms with van der Waals surface area (Å²) in [4.78, 5) is 25.1. The van der Waals surface area contributed by atoms with Gasteiger partial charge in [0.25, 0.3) is 5.91 Å². The molecule has 0 saturated carbocycles. The Morgan fingerprint density at radius 2 is 1.82 bits per heavy atom. The number of rotatable bonds is 3. The minimum Gasteiger partial charge on any atom is -0.475 e. The second-order valence-corrected chi connectivity index (χ2v) is 5.51. The van der Waals surface area contributed by atoms with Gasteiger partial charge in [0, 0.05) is 18.5 Å². The largest absolute Gasteiger partial charge is 0.475 e. The van der Waals surface area contributed by atoms with Gasteiger partial charge in [-0.1, -0.05) is 30.3 Å². The van der Waals surface area contributed by atoms with E-state index in [1.807, 2.05) is 25.1 Å². The molecule has 0 bridgehead atoms. The normalized spacial score (nSPS) is 21.0. The Morgan fingerprint density at radius 3 is 2.45 bits per heavy atom. The number of amides is 1. The van der Waals surface area contributed by atoms with E-state index < -0.39 is 5.97 Å². The van der Waals surface area contributed by atoms with Crippen molar-refractivity contribution in [2.24, 2.45) is 0 Å². The highest BCUT2D eigenvalue weighted by atomic mass is 16.4. The lowest BCUT2D eigenvalue weighted by Gasteiger charge is -2.24. The highest BCUT2D eigenvalue weighted by Crippen LogP contribution is 2.34. The van der Waals surface area contributed by atoms with Gasteiger partial charge < -0.3 is 14.4 Å². The molecule has 0 radical (unpaired) electrons. The van der Waals surface area contributed by atoms with Gasteiger partial charge >= 0.3 is 5.97 Å². The van der Waals surface area contributed by atoms with Crippen molar-refractivity contribution >= 4 is 11.9 Å². The Balaban J connectivity index is 1.78. The lowest BCUT2D eigenvalue weighted by atomic mass is 9.93. The Bertz CT molecular complexity index is 692. The highest BCUT2D eigenvalue weighted by Gasteiger charge is 2.36. The Kier molecular flexibility index (Phi) is 3.71. The van der Waals surface area contributed by atoms with Crippen LogP contribution in [-0.4, -0.2) is 34.5 Å². The molecule has 1 aliphatic heterocycles. The summed E-state index contributed by atoms with van der Waals surface area (Å²) < 4.78 is 5.12. The number of nitrogens with zero attached hydrogens (tertiary/aromatic N) is 1. The molecule has 2 aromatic rings. The molecule has 1 aliphatic rings. The quantitative estimate of drug-likeness (QED) is 0.945. The molecule has 2 heterocycles. The number of likely N-dealkylation sites (tertiary alicyclic amines) is 1. The third-order valence-electron chi connectivity index (χ3n) is 4.27. The first kappa shape index (κ1) is 14.4. The van der Waals surface area contributed by atoms with Crippen LogP contribution >= 0.6 is 0 Å². The summed E-state index contributed by atoms with van der Waals surface area (Å²) >= 11 is 0. The molecule has 1 aromatic heterocycles. The zero-order valence-corrected chi connectivity index (χ0v) is 12.2. The summed E-state index contributed by atoms with van der Waals surface area (Å²) in [5, 5.41) is 8.87. The summed E-state index contributed by atoms with van der Waals surface area (Å²) in [5.74, 6) is -1.26. The number of hydrogen-bond acceptors (Lipinski definition) is 3. The first-order chi connectivity index (χ1) is 10.6. The van der Waals surface area contributed by atoms with E-state index in [0.29, 0.717) is 12.5 Å². The van der Waals surface area contributed by atoms with E-state index in [4.69, 9.17) is 9.52 Å². The average molecular weight is 299 g/mol. The van der Waals surface area contributed by atoms with Gasteiger partial charge in [-0.15, -0.1) is 0 Å². The second kappa shape index (κ2) is 5.67. The van der Waals surface area contributed by atoms with Crippen LogP contribution in [0.3, 0.4) is 0 Å². The molecule has 3 rings (SSSR count). The predicted molar refractivity (Wildman–Crippen MR) is 80.0 cm³/mol. The average Bonchev–Trinajstić information content (AvgIpc) is 3.14. The van der Waals surface area contributed by atoms with Gasteiger partial charge in [0.1, 0.15) is 0 Å². The van der Waals surface area contributed by atoms with Crippen LogP contribution in [-0.2, 0) is 0 Å². The molecular formula is C17H17NO4. The van der Waals surface area contributed by atoms with Crippen LogP contribution < -0.4 is 0 Å². The number of furan rings is 1. The molecule has 1 fully saturated rings. The molecule has 2 atom stereocenters. The first-order valence-corrected chi connectivity index (χ1v) is 7.27. The van der Waals surface area contributed by atoms with Crippen LogP contribution in [0.1, 0.15) is 45.9 Å². The van der Waals surface area contributed by atoms with Crippen molar-refractivity contribution in [2.75, 3.05) is 6.54 Å². The molecule has 0 aliphatic carbocycles. The van der Waals surface area contributed by atoms with Crippen LogP contribution in [0.25, 0.3) is 0 Å². The number of hydrogen-bond donors (Lipinski definition) is 1. The van der Waals surface area contributed by atoms with Gasteiger partial charge in [-0.05, 0) is 31.0 Å². The maximum Gasteiger partial charge on any atom is 0.371 e. The van der Waals surface area contributed by atoms with E-state index in [0.717, 1.165) is 6.42 Å². The molecule has 22 heavy (non-hydrogen) atoms. The standard InChI is InChI=1S/C17H17NO4/c1-11-13(12-5-3-2-4-6-12)9-10-18(11)16(19)14-7-8-15(22-14)17(20)21/h2-8,11,13H,9-10H2,1H3,(H,20,21)/t11-,13+/m1/s1. The lowest BCUT2D eigenvalue weighted by Crippen LogP contribution is -2.35. The molecule has 5 nitrogen and oxygen atoms in total. The number of carbonyl (C=O) groups is 2. The van der Waals surface area contributed by atoms with Gasteiger partial charge in [-0.3, -0.25) is 4.79 Å². The van der Waals surface area contributed by atoms with Crippen molar-refractivity contribution in [3.63, 3.8) is 0 Å². The minimum atomic E-state index is -1.17. The van der Waals surface area contributed by atoms with Gasteiger partial charge in [0.15, 0.2) is 5.76 Å². The molecule has 1 amide bonds. The first-order valence-electron chi connectivity index (χ1n) is 7.27. The van der Waals surface area contributed by atoms with Crippen molar-refractivity contribution < 1.29 is 19.1 Å². The van der Waals surface area contributed by atoms with Crippen molar-refractivity contribution in [3.8, 4) is 0 Å². The topological polar surface area (TPSA) is 70.8 Å². The highest BCUT2D eigenvalue weighted by molar-refractivity contribution is 5.94. The zero-order valence-electron chi connectivity index (χ0n) is 12.2. The minimum absolute atomic E-state index is 0.0493. The summed E-state index contributed by atoms with van der Waals surface area (Å²) in [6, 6.07) is 12.9. The Labute approximate surface area is 128 Å². The van der Waals surface area contributed by atoms with Gasteiger partial charge in [-0.25, -0.2) is 4.79 Å². The van der Waals surface area contributed by atoms with E-state index in [-0.39, 0.29) is 23.5 Å². The zero-order chi connectivity index (χ0) is 15.7. The fourth-order valence-corrected chi connectivity index (χ4v) is 3.08. The maximum atomic E-state index is 12.5. The van der Waals surface area contributed by atoms with Crippen LogP contribution in [0.5, 0.6) is 0 Å². The molecule has 1 saturated heterocycles. The van der Waals surface area contributed by atoms with E-state index in [1.54, 1.807) is 4.90 Å². The van der Waals surface area contributed by atoms with Gasteiger partial charge in [-0.2, -0.15) is 0 Å². The van der Waals surface area contributed by atoms with Crippen LogP contribution in [0.2, 0.25) is 0 Å². The SMILES string of the molecule is C[C@@H]1[C@@H](c2ccccc2)CCN1C(=O)c1ccc(C(=O)O)o1. The molecule has 0 spiro atoms. The molecule has 0 unspecified atom stereocenters. The number of carbonyl (C=O) groups excluding carboxylic acids is 1. The Morgan fingerprint density at radius 1 is 1.14 bits per heavy atom. The molecule has 1 aromatic carbocycles. The molecule has 1 N–H and O–H groups in total. The maximum absolute atomic E-state index is 12.5. The molecule has 114 valence electrons. The summed E-state index contributed by atoms with van der Waals surface area (Å²) in [5.41, 5.74) is 1.22. The molecule has 5 heteroatoms. The van der Waals surface area contributed by atoms with Crippen LogP contribution in [0.15, 0.2) is 46.9 Å². The van der Waals surface area contributed by atoms with E-state index >= 15 is 0 Å². The summed E-state index contributed by atoms with van der Waals surface area (Å²) in [7, 11) is 0. The number of carboxylic acid groups (broad SMARTS) is 1. The van der Waals surface area contributed by atoms with E-state index in [9.17, 15) is 9.59 Å². The fourth-order valence-electron chi connectivity index (χ4n) is 3.08. The monoisotopic (exact) mass is 299 g/mol. The van der Waals surface area contributed by atoms with Crippen molar-refractivity contribution in [1.29, 1.82) is 0 Å². The third-order valence-corrected chi connectivity index (χ3v) is 4.27. The Hall–Kier alpha value is -2.56. The smallest absolute Gasteiger partial charge is 0.371 e. The van der Waals surface area contributed by atoms with E-state index in [1.165, 1.54) is 17.7 Å². The fraction of sp³-hybridized carbons (Fsp3) is 0.294. The van der Waals surface area contributed by atoms with Crippen molar-refractivity contribution in [2.45, 2.75) is 25.3 Å². The van der Waals surface area contributed by atoms with Gasteiger partial charge in [0.05, 0.1) is 0 Å². The van der Waals surface area contributed by atoms with Crippen molar-refractivity contribution in [1.82, 2.24) is 4.90 Å². The van der Waals surface area contributed by atoms with Crippen molar-refractivity contribution in [3.05, 3.63) is 59.5 Å². The molecular weight excluding hydrogens is 282 g/mol. The van der Waals surface area contributed by atoms with Crippen LogP contribution in [0, 0.1) is 0 Å².